The quantitative estimate of drug-likeness (QED) is 0.913. The molecule has 0 radical (unpaired) electrons. The van der Waals surface area contributed by atoms with E-state index in [0.717, 1.165) is 12.6 Å². The van der Waals surface area contributed by atoms with Gasteiger partial charge in [0.15, 0.2) is 10.8 Å². The summed E-state index contributed by atoms with van der Waals surface area (Å²) in [7, 11) is 1.37. The zero-order chi connectivity index (χ0) is 15.5. The second kappa shape index (κ2) is 6.20. The Morgan fingerprint density at radius 1 is 1.29 bits per heavy atom. The second-order valence-corrected chi connectivity index (χ2v) is 4.95. The van der Waals surface area contributed by atoms with E-state index < -0.39 is 11.2 Å². The van der Waals surface area contributed by atoms with Crippen molar-refractivity contribution in [3.8, 4) is 16.7 Å². The van der Waals surface area contributed by atoms with Gasteiger partial charge in [-0.25, -0.2) is 4.98 Å². The normalized spacial score (nSPS) is 11.5. The summed E-state index contributed by atoms with van der Waals surface area (Å²) in [5.41, 5.74) is 0. The summed E-state index contributed by atoms with van der Waals surface area (Å²) in [5.74, 6) is 0.342. The van der Waals surface area contributed by atoms with Crippen molar-refractivity contribution < 1.29 is 17.9 Å². The number of nitrogens with zero attached hydrogens (tertiary/aromatic N) is 4. The molecule has 1 N–H and O–H groups in total. The SMILES string of the molecule is CCCNc1nc(OC)nc(-c2cnc(C(F)(F)F)s2)n1. The molecule has 0 unspecified atom stereocenters. The molecule has 0 saturated carbocycles. The number of anilines is 1. The third kappa shape index (κ3) is 3.78. The molecule has 21 heavy (non-hydrogen) atoms. The maximum Gasteiger partial charge on any atom is 0.443 e. The summed E-state index contributed by atoms with van der Waals surface area (Å²) in [6.07, 6.45) is -2.54. The number of alkyl halides is 3. The molecule has 2 aromatic rings. The van der Waals surface area contributed by atoms with Crippen LogP contribution in [0.4, 0.5) is 19.1 Å². The van der Waals surface area contributed by atoms with Gasteiger partial charge in [0.1, 0.15) is 0 Å². The fraction of sp³-hybridized carbons (Fsp3) is 0.455. The molecular formula is C11H12F3N5OS. The van der Waals surface area contributed by atoms with E-state index in [1.165, 1.54) is 7.11 Å². The number of nitrogens with one attached hydrogen (secondary N) is 1. The molecule has 0 bridgehead atoms. The van der Waals surface area contributed by atoms with Gasteiger partial charge in [-0.05, 0) is 6.42 Å². The second-order valence-electron chi connectivity index (χ2n) is 3.92. The molecule has 6 nitrogen and oxygen atoms in total. The maximum absolute atomic E-state index is 12.6. The number of halogens is 3. The highest BCUT2D eigenvalue weighted by atomic mass is 32.1. The first-order chi connectivity index (χ1) is 9.94. The highest BCUT2D eigenvalue weighted by Crippen LogP contribution is 2.35. The molecule has 0 spiro atoms. The van der Waals surface area contributed by atoms with E-state index in [2.05, 4.69) is 25.3 Å². The van der Waals surface area contributed by atoms with Crippen LogP contribution in [-0.4, -0.2) is 33.6 Å². The molecule has 114 valence electrons. The van der Waals surface area contributed by atoms with E-state index in [9.17, 15) is 13.2 Å². The Kier molecular flexibility index (Phi) is 4.56. The van der Waals surface area contributed by atoms with Crippen LogP contribution in [0.1, 0.15) is 18.4 Å². The lowest BCUT2D eigenvalue weighted by Crippen LogP contribution is -2.07. The van der Waals surface area contributed by atoms with Crippen LogP contribution in [0.15, 0.2) is 6.20 Å². The lowest BCUT2D eigenvalue weighted by Gasteiger charge is -2.06. The number of ether oxygens (including phenoxy) is 1. The molecule has 0 amide bonds. The lowest BCUT2D eigenvalue weighted by molar-refractivity contribution is -0.137. The fourth-order valence-corrected chi connectivity index (χ4v) is 2.10. The Bertz CT molecular complexity index is 616. The predicted octanol–water partition coefficient (Wildman–Crippen LogP) is 2.84. The van der Waals surface area contributed by atoms with Crippen LogP contribution in [0.5, 0.6) is 6.01 Å². The minimum absolute atomic E-state index is 0.0283. The Hall–Kier alpha value is -1.97. The summed E-state index contributed by atoms with van der Waals surface area (Å²) in [4.78, 5) is 15.5. The fourth-order valence-electron chi connectivity index (χ4n) is 1.38. The van der Waals surface area contributed by atoms with Crippen molar-refractivity contribution in [2.24, 2.45) is 0 Å². The van der Waals surface area contributed by atoms with Crippen LogP contribution in [0.2, 0.25) is 0 Å². The molecule has 0 fully saturated rings. The zero-order valence-corrected chi connectivity index (χ0v) is 12.0. The van der Waals surface area contributed by atoms with Crippen LogP contribution < -0.4 is 10.1 Å². The van der Waals surface area contributed by atoms with E-state index in [1.807, 2.05) is 6.92 Å². The van der Waals surface area contributed by atoms with Crippen LogP contribution >= 0.6 is 11.3 Å². The monoisotopic (exact) mass is 319 g/mol. The standard InChI is InChI=1S/C11H12F3N5OS/c1-3-4-15-9-17-7(18-10(19-9)20-2)6-5-16-8(21-6)11(12,13)14/h5H,3-4H2,1-2H3,(H,15,17,18,19). The van der Waals surface area contributed by atoms with E-state index in [4.69, 9.17) is 4.74 Å². The first-order valence-electron chi connectivity index (χ1n) is 6.01. The highest BCUT2D eigenvalue weighted by molar-refractivity contribution is 7.15. The molecule has 0 atom stereocenters. The number of hydrogen-bond donors (Lipinski definition) is 1. The minimum Gasteiger partial charge on any atom is -0.467 e. The van der Waals surface area contributed by atoms with Crippen molar-refractivity contribution in [2.75, 3.05) is 19.0 Å². The number of methoxy groups -OCH3 is 1. The summed E-state index contributed by atoms with van der Waals surface area (Å²) < 4.78 is 42.6. The number of aromatic nitrogens is 4. The van der Waals surface area contributed by atoms with E-state index in [1.54, 1.807) is 0 Å². The van der Waals surface area contributed by atoms with Crippen molar-refractivity contribution in [1.82, 2.24) is 19.9 Å². The van der Waals surface area contributed by atoms with Gasteiger partial charge in [-0.15, -0.1) is 11.3 Å². The summed E-state index contributed by atoms with van der Waals surface area (Å²) in [5, 5.41) is 1.99. The molecule has 0 aliphatic carbocycles. The average Bonchev–Trinajstić information content (AvgIpc) is 2.94. The van der Waals surface area contributed by atoms with Crippen molar-refractivity contribution in [3.05, 3.63) is 11.2 Å². The van der Waals surface area contributed by atoms with Gasteiger partial charge in [-0.3, -0.25) is 0 Å². The molecule has 0 aliphatic heterocycles. The number of thiazole rings is 1. The Morgan fingerprint density at radius 2 is 2.05 bits per heavy atom. The minimum atomic E-state index is -4.48. The van der Waals surface area contributed by atoms with Gasteiger partial charge in [0.2, 0.25) is 5.95 Å². The summed E-state index contributed by atoms with van der Waals surface area (Å²) in [6, 6.07) is 0.0283. The van der Waals surface area contributed by atoms with Crippen LogP contribution in [-0.2, 0) is 6.18 Å². The van der Waals surface area contributed by atoms with Gasteiger partial charge < -0.3 is 10.1 Å². The van der Waals surface area contributed by atoms with Gasteiger partial charge >= 0.3 is 12.2 Å². The number of hydrogen-bond acceptors (Lipinski definition) is 7. The molecule has 2 rings (SSSR count). The molecule has 2 aromatic heterocycles. The molecule has 0 saturated heterocycles. The Balaban J connectivity index is 2.36. The van der Waals surface area contributed by atoms with Crippen molar-refractivity contribution in [1.29, 1.82) is 0 Å². The molecule has 0 aromatic carbocycles. The predicted molar refractivity (Wildman–Crippen MR) is 71.3 cm³/mol. The van der Waals surface area contributed by atoms with E-state index >= 15 is 0 Å². The zero-order valence-electron chi connectivity index (χ0n) is 11.2. The number of rotatable bonds is 5. The molecule has 2 heterocycles. The first-order valence-corrected chi connectivity index (χ1v) is 6.83. The summed E-state index contributed by atoms with van der Waals surface area (Å²) in [6.45, 7) is 2.59. The van der Waals surface area contributed by atoms with Gasteiger partial charge in [-0.1, -0.05) is 6.92 Å². The third-order valence-electron chi connectivity index (χ3n) is 2.30. The molecule has 10 heteroatoms. The Morgan fingerprint density at radius 3 is 2.62 bits per heavy atom. The van der Waals surface area contributed by atoms with Crippen molar-refractivity contribution in [3.63, 3.8) is 0 Å². The van der Waals surface area contributed by atoms with Crippen LogP contribution in [0.25, 0.3) is 10.7 Å². The maximum atomic E-state index is 12.6. The van der Waals surface area contributed by atoms with Gasteiger partial charge in [-0.2, -0.15) is 28.1 Å². The molecule has 0 aliphatic rings. The van der Waals surface area contributed by atoms with E-state index in [-0.39, 0.29) is 22.7 Å². The van der Waals surface area contributed by atoms with E-state index in [0.29, 0.717) is 17.9 Å². The van der Waals surface area contributed by atoms with Gasteiger partial charge in [0.05, 0.1) is 12.0 Å². The first kappa shape index (κ1) is 15.4. The topological polar surface area (TPSA) is 72.8 Å². The Labute approximate surface area is 122 Å². The smallest absolute Gasteiger partial charge is 0.443 e. The average molecular weight is 319 g/mol. The van der Waals surface area contributed by atoms with Crippen LogP contribution in [0.3, 0.4) is 0 Å². The largest absolute Gasteiger partial charge is 0.467 e. The van der Waals surface area contributed by atoms with Crippen molar-refractivity contribution in [2.45, 2.75) is 19.5 Å². The van der Waals surface area contributed by atoms with Gasteiger partial charge in [0, 0.05) is 12.7 Å². The lowest BCUT2D eigenvalue weighted by atomic mass is 10.5. The highest BCUT2D eigenvalue weighted by Gasteiger charge is 2.35. The third-order valence-corrected chi connectivity index (χ3v) is 3.34. The van der Waals surface area contributed by atoms with Crippen LogP contribution in [0, 0.1) is 0 Å². The van der Waals surface area contributed by atoms with Gasteiger partial charge in [0.25, 0.3) is 0 Å². The molecular weight excluding hydrogens is 307 g/mol. The van der Waals surface area contributed by atoms with Crippen molar-refractivity contribution >= 4 is 17.3 Å². The summed E-state index contributed by atoms with van der Waals surface area (Å²) >= 11 is 0.472.